The highest BCUT2D eigenvalue weighted by Crippen LogP contribution is 2.28. The minimum Gasteiger partial charge on any atom is -0.505 e. The van der Waals surface area contributed by atoms with Crippen LogP contribution < -0.4 is 0 Å². The summed E-state index contributed by atoms with van der Waals surface area (Å²) in [5.41, 5.74) is 2.61. The van der Waals surface area contributed by atoms with Crippen molar-refractivity contribution >= 4 is 11.0 Å². The quantitative estimate of drug-likeness (QED) is 0.782. The summed E-state index contributed by atoms with van der Waals surface area (Å²) in [6.45, 7) is 1.77. The predicted octanol–water partition coefficient (Wildman–Crippen LogP) is 2.85. The third kappa shape index (κ3) is 2.21. The van der Waals surface area contributed by atoms with Gasteiger partial charge in [-0.05, 0) is 18.6 Å². The Kier molecular flexibility index (Phi) is 3.54. The Morgan fingerprint density at radius 2 is 2.00 bits per heavy atom. The zero-order valence-corrected chi connectivity index (χ0v) is 11.8. The van der Waals surface area contributed by atoms with Crippen LogP contribution in [-0.4, -0.2) is 26.4 Å². The molecule has 3 rings (SSSR count). The molecule has 0 aliphatic carbocycles. The average Bonchev–Trinajstić information content (AvgIpc) is 2.84. The molecule has 0 unspecified atom stereocenters. The zero-order valence-electron chi connectivity index (χ0n) is 11.8. The van der Waals surface area contributed by atoms with Crippen molar-refractivity contribution in [2.75, 3.05) is 6.61 Å². The maximum Gasteiger partial charge on any atom is 0.200 e. The number of aromatic hydroxyl groups is 1. The molecule has 2 N–H and O–H groups in total. The van der Waals surface area contributed by atoms with E-state index in [1.807, 2.05) is 19.1 Å². The summed E-state index contributed by atoms with van der Waals surface area (Å²) in [7, 11) is 0. The lowest BCUT2D eigenvalue weighted by atomic mass is 10.2. The molecule has 0 radical (unpaired) electrons. The lowest BCUT2D eigenvalue weighted by Gasteiger charge is -2.10. The smallest absolute Gasteiger partial charge is 0.200 e. The molecule has 22 heavy (non-hydrogen) atoms. The molecule has 0 fully saturated rings. The van der Waals surface area contributed by atoms with Crippen LogP contribution >= 0.6 is 0 Å². The van der Waals surface area contributed by atoms with Crippen LogP contribution in [0.25, 0.3) is 16.7 Å². The number of fused-ring (bicyclic) bond motifs is 1. The van der Waals surface area contributed by atoms with Gasteiger partial charge in [0.25, 0.3) is 0 Å². The van der Waals surface area contributed by atoms with E-state index < -0.39 is 17.4 Å². The molecule has 3 aromatic rings. The number of aliphatic hydroxyl groups is 1. The van der Waals surface area contributed by atoms with Crippen LogP contribution in [0.3, 0.4) is 0 Å². The minimum absolute atomic E-state index is 0.127. The van der Waals surface area contributed by atoms with Gasteiger partial charge in [0.05, 0.1) is 23.3 Å². The van der Waals surface area contributed by atoms with Crippen LogP contribution in [0.4, 0.5) is 8.78 Å². The molecular formula is C16H14F2N2O2. The molecule has 0 aliphatic rings. The molecule has 0 spiro atoms. The summed E-state index contributed by atoms with van der Waals surface area (Å²) < 4.78 is 28.5. The van der Waals surface area contributed by atoms with E-state index >= 15 is 0 Å². The summed E-state index contributed by atoms with van der Waals surface area (Å²) in [6.07, 6.45) is 0.258. The van der Waals surface area contributed by atoms with Gasteiger partial charge in [-0.2, -0.15) is 4.39 Å². The number of rotatable bonds is 3. The summed E-state index contributed by atoms with van der Waals surface area (Å²) in [6, 6.07) is 7.67. The van der Waals surface area contributed by atoms with E-state index in [9.17, 15) is 19.0 Å². The van der Waals surface area contributed by atoms with Crippen molar-refractivity contribution in [2.45, 2.75) is 13.3 Å². The fourth-order valence-electron chi connectivity index (χ4n) is 2.53. The van der Waals surface area contributed by atoms with Gasteiger partial charge in [0.1, 0.15) is 5.82 Å². The van der Waals surface area contributed by atoms with E-state index in [1.165, 1.54) is 0 Å². The SMILES string of the molecule is Cc1cccc2c1nc(CCO)n2-c1cc(O)c(F)c(F)c1. The van der Waals surface area contributed by atoms with Crippen LogP contribution in [0.2, 0.25) is 0 Å². The van der Waals surface area contributed by atoms with E-state index in [-0.39, 0.29) is 18.7 Å². The molecule has 4 nitrogen and oxygen atoms in total. The van der Waals surface area contributed by atoms with Crippen molar-refractivity contribution in [3.05, 3.63) is 53.4 Å². The molecule has 0 amide bonds. The first kappa shape index (κ1) is 14.5. The maximum absolute atomic E-state index is 13.6. The third-order valence-corrected chi connectivity index (χ3v) is 3.54. The molecule has 114 valence electrons. The van der Waals surface area contributed by atoms with Crippen molar-refractivity contribution in [1.29, 1.82) is 0 Å². The van der Waals surface area contributed by atoms with Gasteiger partial charge >= 0.3 is 0 Å². The number of hydrogen-bond donors (Lipinski definition) is 2. The van der Waals surface area contributed by atoms with Crippen molar-refractivity contribution in [2.24, 2.45) is 0 Å². The number of benzene rings is 2. The van der Waals surface area contributed by atoms with Crippen molar-refractivity contribution in [1.82, 2.24) is 9.55 Å². The van der Waals surface area contributed by atoms with Gasteiger partial charge in [0, 0.05) is 18.6 Å². The molecule has 2 aromatic carbocycles. The van der Waals surface area contributed by atoms with Gasteiger partial charge in [0.15, 0.2) is 17.4 Å². The number of aromatic nitrogens is 2. The average molecular weight is 304 g/mol. The first-order chi connectivity index (χ1) is 10.5. The third-order valence-electron chi connectivity index (χ3n) is 3.54. The predicted molar refractivity (Wildman–Crippen MR) is 78.2 cm³/mol. The van der Waals surface area contributed by atoms with Gasteiger partial charge in [-0.25, -0.2) is 9.37 Å². The summed E-state index contributed by atoms with van der Waals surface area (Å²) >= 11 is 0. The summed E-state index contributed by atoms with van der Waals surface area (Å²) in [5.74, 6) is -2.68. The highest BCUT2D eigenvalue weighted by molar-refractivity contribution is 5.81. The lowest BCUT2D eigenvalue weighted by molar-refractivity contribution is 0.296. The summed E-state index contributed by atoms with van der Waals surface area (Å²) in [4.78, 5) is 4.47. The standard InChI is InChI=1S/C16H14F2N2O2/c1-9-3-2-4-12-16(9)19-14(5-6-21)20(12)10-7-11(17)15(18)13(22)8-10/h2-4,7-8,21-22H,5-6H2,1H3. The Balaban J connectivity index is 2.33. The Labute approximate surface area is 125 Å². The number of phenolic OH excluding ortho intramolecular Hbond substituents is 1. The van der Waals surface area contributed by atoms with E-state index in [4.69, 9.17) is 0 Å². The lowest BCUT2D eigenvalue weighted by Crippen LogP contribution is -2.04. The molecule has 1 heterocycles. The van der Waals surface area contributed by atoms with E-state index in [2.05, 4.69) is 4.98 Å². The zero-order chi connectivity index (χ0) is 15.9. The fraction of sp³-hybridized carbons (Fsp3) is 0.188. The van der Waals surface area contributed by atoms with Gasteiger partial charge in [-0.1, -0.05) is 12.1 Å². The van der Waals surface area contributed by atoms with E-state index in [0.717, 1.165) is 23.2 Å². The topological polar surface area (TPSA) is 58.3 Å². The van der Waals surface area contributed by atoms with E-state index in [0.29, 0.717) is 11.3 Å². The van der Waals surface area contributed by atoms with Gasteiger partial charge in [-0.3, -0.25) is 4.57 Å². The van der Waals surface area contributed by atoms with Crippen LogP contribution in [0.15, 0.2) is 30.3 Å². The monoisotopic (exact) mass is 304 g/mol. The first-order valence-electron chi connectivity index (χ1n) is 6.79. The Morgan fingerprint density at radius 1 is 1.23 bits per heavy atom. The van der Waals surface area contributed by atoms with Crippen LogP contribution in [0.1, 0.15) is 11.4 Å². The maximum atomic E-state index is 13.6. The largest absolute Gasteiger partial charge is 0.505 e. The second kappa shape index (κ2) is 5.38. The molecule has 0 aliphatic heterocycles. The molecule has 1 aromatic heterocycles. The van der Waals surface area contributed by atoms with Gasteiger partial charge in [0.2, 0.25) is 0 Å². The van der Waals surface area contributed by atoms with E-state index in [1.54, 1.807) is 10.6 Å². The molecule has 0 saturated heterocycles. The number of hydrogen-bond acceptors (Lipinski definition) is 3. The number of imidazole rings is 1. The molecule has 0 saturated carbocycles. The van der Waals surface area contributed by atoms with Crippen LogP contribution in [-0.2, 0) is 6.42 Å². The minimum atomic E-state index is -1.28. The number of nitrogens with zero attached hydrogens (tertiary/aromatic N) is 2. The number of phenols is 1. The van der Waals surface area contributed by atoms with Gasteiger partial charge < -0.3 is 10.2 Å². The fourth-order valence-corrected chi connectivity index (χ4v) is 2.53. The Morgan fingerprint density at radius 3 is 2.68 bits per heavy atom. The first-order valence-corrected chi connectivity index (χ1v) is 6.79. The molecule has 6 heteroatoms. The van der Waals surface area contributed by atoms with Crippen molar-refractivity contribution < 1.29 is 19.0 Å². The van der Waals surface area contributed by atoms with Crippen LogP contribution in [0, 0.1) is 18.6 Å². The normalized spacial score (nSPS) is 11.3. The Hall–Kier alpha value is -2.47. The van der Waals surface area contributed by atoms with Crippen molar-refractivity contribution in [3.8, 4) is 11.4 Å². The molecule has 0 bridgehead atoms. The van der Waals surface area contributed by atoms with Crippen molar-refractivity contribution in [3.63, 3.8) is 0 Å². The number of aryl methyl sites for hydroxylation is 1. The Bertz CT molecular complexity index is 836. The highest BCUT2D eigenvalue weighted by Gasteiger charge is 2.17. The summed E-state index contributed by atoms with van der Waals surface area (Å²) in [5, 5.41) is 18.7. The highest BCUT2D eigenvalue weighted by atomic mass is 19.2. The van der Waals surface area contributed by atoms with Crippen LogP contribution in [0.5, 0.6) is 5.75 Å². The molecule has 0 atom stereocenters. The number of para-hydroxylation sites is 1. The van der Waals surface area contributed by atoms with Gasteiger partial charge in [-0.15, -0.1) is 0 Å². The second-order valence-electron chi connectivity index (χ2n) is 5.04. The number of aliphatic hydroxyl groups excluding tert-OH is 1. The molecular weight excluding hydrogens is 290 g/mol. The second-order valence-corrected chi connectivity index (χ2v) is 5.04. The number of halogens is 2.